The molecule has 110 valence electrons. The number of rotatable bonds is 5. The molecule has 0 aliphatic heterocycles. The van der Waals surface area contributed by atoms with E-state index in [2.05, 4.69) is 17.2 Å². The maximum Gasteiger partial charge on any atom is 0.417 e. The molecule has 0 amide bonds. The van der Waals surface area contributed by atoms with E-state index in [4.69, 9.17) is 14.6 Å². The topological polar surface area (TPSA) is 97.2 Å². The van der Waals surface area contributed by atoms with E-state index in [0.29, 0.717) is 16.8 Å². The summed E-state index contributed by atoms with van der Waals surface area (Å²) in [6.07, 6.45) is 3.44. The molecule has 0 saturated carbocycles. The lowest BCUT2D eigenvalue weighted by Gasteiger charge is -2.16. The van der Waals surface area contributed by atoms with Gasteiger partial charge in [-0.2, -0.15) is 0 Å². The Balaban J connectivity index is 1.71. The molecule has 6 heteroatoms. The number of aromatic nitrogens is 1. The third-order valence-electron chi connectivity index (χ3n) is 3.40. The minimum Gasteiger partial charge on any atom is -0.469 e. The van der Waals surface area contributed by atoms with Crippen LogP contribution in [0.2, 0.25) is 0 Å². The van der Waals surface area contributed by atoms with Crippen molar-refractivity contribution in [3.63, 3.8) is 0 Å². The first-order valence-electron chi connectivity index (χ1n) is 6.83. The molecule has 3 rings (SSSR count). The molecule has 0 fully saturated rings. The predicted molar refractivity (Wildman–Crippen MR) is 81.4 cm³/mol. The molecular formula is C15H17N3O3. The number of nitrogen functional groups attached to an aromatic ring is 1. The Labute approximate surface area is 120 Å². The van der Waals surface area contributed by atoms with Crippen LogP contribution in [0.4, 0.5) is 11.4 Å². The van der Waals surface area contributed by atoms with Crippen LogP contribution in [0, 0.1) is 0 Å². The van der Waals surface area contributed by atoms with Gasteiger partial charge in [-0.05, 0) is 31.5 Å². The third-order valence-corrected chi connectivity index (χ3v) is 3.40. The molecule has 1 atom stereocenters. The second kappa shape index (κ2) is 5.40. The minimum absolute atomic E-state index is 0.216. The molecule has 2 aromatic heterocycles. The van der Waals surface area contributed by atoms with Gasteiger partial charge in [0.2, 0.25) is 0 Å². The number of anilines is 2. The highest BCUT2D eigenvalue weighted by molar-refractivity contribution is 5.85. The summed E-state index contributed by atoms with van der Waals surface area (Å²) in [6.45, 7) is 2.07. The summed E-state index contributed by atoms with van der Waals surface area (Å²) in [5.41, 5.74) is 8.41. The maximum atomic E-state index is 11.2. The van der Waals surface area contributed by atoms with Crippen molar-refractivity contribution in [1.29, 1.82) is 0 Å². The van der Waals surface area contributed by atoms with Gasteiger partial charge in [-0.15, -0.1) is 0 Å². The van der Waals surface area contributed by atoms with Crippen molar-refractivity contribution >= 4 is 22.5 Å². The largest absolute Gasteiger partial charge is 0.469 e. The average Bonchev–Trinajstić information content (AvgIpc) is 3.05. The molecule has 0 spiro atoms. The number of hydrogen-bond acceptors (Lipinski definition) is 5. The van der Waals surface area contributed by atoms with Crippen molar-refractivity contribution < 1.29 is 8.83 Å². The first-order chi connectivity index (χ1) is 10.1. The van der Waals surface area contributed by atoms with E-state index in [-0.39, 0.29) is 6.04 Å². The van der Waals surface area contributed by atoms with E-state index in [1.807, 2.05) is 12.1 Å². The number of hydrogen-bond donors (Lipinski definition) is 3. The standard InChI is InChI=1S/C15H17N3O3/c1-9(4-5-10-3-2-6-20-10)17-12-8-13-14(7-11(12)16)21-15(19)18-13/h2-3,6-9,17H,4-5,16H2,1H3,(H,18,19). The molecule has 4 N–H and O–H groups in total. The second-order valence-electron chi connectivity index (χ2n) is 5.11. The highest BCUT2D eigenvalue weighted by Crippen LogP contribution is 2.25. The monoisotopic (exact) mass is 287 g/mol. The second-order valence-corrected chi connectivity index (χ2v) is 5.11. The lowest BCUT2D eigenvalue weighted by Crippen LogP contribution is -2.16. The summed E-state index contributed by atoms with van der Waals surface area (Å²) >= 11 is 0. The van der Waals surface area contributed by atoms with Crippen LogP contribution < -0.4 is 16.8 Å². The van der Waals surface area contributed by atoms with Crippen molar-refractivity contribution in [3.8, 4) is 0 Å². The highest BCUT2D eigenvalue weighted by atomic mass is 16.4. The first-order valence-corrected chi connectivity index (χ1v) is 6.83. The Hall–Kier alpha value is -2.63. The summed E-state index contributed by atoms with van der Waals surface area (Å²) < 4.78 is 10.3. The van der Waals surface area contributed by atoms with Crippen LogP contribution in [-0.4, -0.2) is 11.0 Å². The maximum absolute atomic E-state index is 11.2. The average molecular weight is 287 g/mol. The van der Waals surface area contributed by atoms with E-state index < -0.39 is 5.76 Å². The van der Waals surface area contributed by atoms with Gasteiger partial charge in [0, 0.05) is 18.5 Å². The van der Waals surface area contributed by atoms with E-state index in [0.717, 1.165) is 24.3 Å². The van der Waals surface area contributed by atoms with Crippen LogP contribution in [0.15, 0.2) is 44.2 Å². The molecule has 0 radical (unpaired) electrons. The highest BCUT2D eigenvalue weighted by Gasteiger charge is 2.10. The van der Waals surface area contributed by atoms with Crippen LogP contribution in [0.25, 0.3) is 11.1 Å². The Morgan fingerprint density at radius 2 is 2.29 bits per heavy atom. The predicted octanol–water partition coefficient (Wildman–Crippen LogP) is 2.73. The van der Waals surface area contributed by atoms with Crippen molar-refractivity contribution in [1.82, 2.24) is 4.98 Å². The molecule has 1 aromatic carbocycles. The number of aryl methyl sites for hydroxylation is 1. The van der Waals surface area contributed by atoms with Gasteiger partial charge in [0.05, 0.1) is 23.2 Å². The molecule has 1 unspecified atom stereocenters. The van der Waals surface area contributed by atoms with Crippen LogP contribution in [0.1, 0.15) is 19.1 Å². The lowest BCUT2D eigenvalue weighted by atomic mass is 10.1. The van der Waals surface area contributed by atoms with Crippen molar-refractivity contribution in [2.75, 3.05) is 11.1 Å². The number of nitrogens with one attached hydrogen (secondary N) is 2. The molecule has 3 aromatic rings. The van der Waals surface area contributed by atoms with E-state index in [1.54, 1.807) is 18.4 Å². The number of benzene rings is 1. The molecule has 0 aliphatic carbocycles. The zero-order valence-electron chi connectivity index (χ0n) is 11.7. The fourth-order valence-electron chi connectivity index (χ4n) is 2.29. The number of furan rings is 1. The fourth-order valence-corrected chi connectivity index (χ4v) is 2.29. The number of H-pyrrole nitrogens is 1. The van der Waals surface area contributed by atoms with E-state index >= 15 is 0 Å². The first kappa shape index (κ1) is 13.4. The van der Waals surface area contributed by atoms with Crippen LogP contribution in [0.5, 0.6) is 0 Å². The smallest absolute Gasteiger partial charge is 0.417 e. The molecule has 0 bridgehead atoms. The molecule has 6 nitrogen and oxygen atoms in total. The summed E-state index contributed by atoms with van der Waals surface area (Å²) in [7, 11) is 0. The Bertz CT molecular complexity index is 786. The molecular weight excluding hydrogens is 270 g/mol. The van der Waals surface area contributed by atoms with E-state index in [9.17, 15) is 4.79 Å². The Kier molecular flexibility index (Phi) is 3.43. The number of aromatic amines is 1. The van der Waals surface area contributed by atoms with Gasteiger partial charge in [0.1, 0.15) is 5.76 Å². The number of fused-ring (bicyclic) bond motifs is 1. The Morgan fingerprint density at radius 3 is 3.05 bits per heavy atom. The van der Waals surface area contributed by atoms with Crippen LogP contribution >= 0.6 is 0 Å². The zero-order valence-corrected chi connectivity index (χ0v) is 11.7. The van der Waals surface area contributed by atoms with E-state index in [1.165, 1.54) is 0 Å². The van der Waals surface area contributed by atoms with Gasteiger partial charge < -0.3 is 19.9 Å². The van der Waals surface area contributed by atoms with Crippen molar-refractivity contribution in [3.05, 3.63) is 46.8 Å². The quantitative estimate of drug-likeness (QED) is 0.627. The molecule has 2 heterocycles. The van der Waals surface area contributed by atoms with Gasteiger partial charge in [-0.3, -0.25) is 4.98 Å². The SMILES string of the molecule is CC(CCc1ccco1)Nc1cc2[nH]c(=O)oc2cc1N. The number of oxazole rings is 1. The van der Waals surface area contributed by atoms with Crippen molar-refractivity contribution in [2.45, 2.75) is 25.8 Å². The zero-order chi connectivity index (χ0) is 14.8. The summed E-state index contributed by atoms with van der Waals surface area (Å²) in [6, 6.07) is 7.50. The van der Waals surface area contributed by atoms with Gasteiger partial charge >= 0.3 is 5.76 Å². The lowest BCUT2D eigenvalue weighted by molar-refractivity contribution is 0.495. The normalized spacial score (nSPS) is 12.6. The summed E-state index contributed by atoms with van der Waals surface area (Å²) in [5, 5.41) is 3.34. The fraction of sp³-hybridized carbons (Fsp3) is 0.267. The Morgan fingerprint density at radius 1 is 1.43 bits per heavy atom. The molecule has 0 aliphatic rings. The van der Waals surface area contributed by atoms with Gasteiger partial charge in [0.15, 0.2) is 5.58 Å². The molecule has 21 heavy (non-hydrogen) atoms. The summed E-state index contributed by atoms with van der Waals surface area (Å²) in [4.78, 5) is 13.8. The third kappa shape index (κ3) is 2.94. The van der Waals surface area contributed by atoms with Gasteiger partial charge in [-0.1, -0.05) is 0 Å². The van der Waals surface area contributed by atoms with Crippen LogP contribution in [-0.2, 0) is 6.42 Å². The number of nitrogens with two attached hydrogens (primary N) is 1. The minimum atomic E-state index is -0.479. The van der Waals surface area contributed by atoms with Gasteiger partial charge in [0.25, 0.3) is 0 Å². The van der Waals surface area contributed by atoms with Crippen LogP contribution in [0.3, 0.4) is 0 Å². The summed E-state index contributed by atoms with van der Waals surface area (Å²) in [5.74, 6) is 0.485. The molecule has 0 saturated heterocycles. The van der Waals surface area contributed by atoms with Crippen molar-refractivity contribution in [2.24, 2.45) is 0 Å². The van der Waals surface area contributed by atoms with Gasteiger partial charge in [-0.25, -0.2) is 4.79 Å².